The molecule has 0 saturated carbocycles. The van der Waals surface area contributed by atoms with E-state index in [0.29, 0.717) is 40.1 Å². The lowest BCUT2D eigenvalue weighted by Gasteiger charge is -2.22. The van der Waals surface area contributed by atoms with Gasteiger partial charge in [0.2, 0.25) is 0 Å². The third-order valence-electron chi connectivity index (χ3n) is 8.79. The quantitative estimate of drug-likeness (QED) is 0.0932. The van der Waals surface area contributed by atoms with Crippen LogP contribution in [0.2, 0.25) is 10.0 Å². The molecule has 0 spiro atoms. The summed E-state index contributed by atoms with van der Waals surface area (Å²) < 4.78 is 12.3. The van der Waals surface area contributed by atoms with Gasteiger partial charge in [-0.25, -0.2) is 9.59 Å². The highest BCUT2D eigenvalue weighted by Gasteiger charge is 2.22. The van der Waals surface area contributed by atoms with Crippen LogP contribution in [0.4, 0.5) is 21.0 Å². The fourth-order valence-corrected chi connectivity index (χ4v) is 6.16. The summed E-state index contributed by atoms with van der Waals surface area (Å²) in [6, 6.07) is 30.5. The number of aromatic nitrogens is 4. The molecule has 0 bridgehead atoms. The number of rotatable bonds is 15. The van der Waals surface area contributed by atoms with E-state index in [-0.39, 0.29) is 37.5 Å². The molecule has 3 amide bonds. The SMILES string of the molecule is CC(CC(c1ccc(NC(=O)OCc2ccc(Cl)cc2)cc1)c1cnccn1)Cn1nccc1C(=O)NCc1ccc(NC(=O)OCc2ccc(Cl)cc2)cc1. The summed E-state index contributed by atoms with van der Waals surface area (Å²) in [4.78, 5) is 46.9. The van der Waals surface area contributed by atoms with Crippen molar-refractivity contribution in [2.75, 3.05) is 10.6 Å². The molecule has 0 saturated heterocycles. The predicted molar refractivity (Wildman–Crippen MR) is 214 cm³/mol. The van der Waals surface area contributed by atoms with Gasteiger partial charge in [-0.05, 0) is 89.2 Å². The Kier molecular flexibility index (Phi) is 13.7. The molecule has 2 heterocycles. The van der Waals surface area contributed by atoms with Crippen LogP contribution in [0.1, 0.15) is 57.7 Å². The average Bonchev–Trinajstić information content (AvgIpc) is 3.68. The highest BCUT2D eigenvalue weighted by Crippen LogP contribution is 2.31. The number of nitrogens with one attached hydrogen (secondary N) is 3. The number of nitrogens with zero attached hydrogens (tertiary/aromatic N) is 4. The summed E-state index contributed by atoms with van der Waals surface area (Å²) in [5, 5.41) is 14.1. The van der Waals surface area contributed by atoms with Crippen LogP contribution in [-0.2, 0) is 35.8 Å². The fourth-order valence-electron chi connectivity index (χ4n) is 5.91. The number of hydrogen-bond donors (Lipinski definition) is 3. The molecule has 0 aliphatic rings. The predicted octanol–water partition coefficient (Wildman–Crippen LogP) is 9.27. The van der Waals surface area contributed by atoms with Gasteiger partial charge in [0.05, 0.1) is 5.69 Å². The van der Waals surface area contributed by atoms with Crippen LogP contribution >= 0.6 is 23.2 Å². The number of anilines is 2. The van der Waals surface area contributed by atoms with Gasteiger partial charge < -0.3 is 14.8 Å². The van der Waals surface area contributed by atoms with Gasteiger partial charge in [0.15, 0.2) is 0 Å². The maximum atomic E-state index is 13.3. The first-order valence-electron chi connectivity index (χ1n) is 17.8. The van der Waals surface area contributed by atoms with E-state index in [1.807, 2.05) is 36.4 Å². The van der Waals surface area contributed by atoms with Gasteiger partial charge in [0.25, 0.3) is 5.91 Å². The lowest BCUT2D eigenvalue weighted by Crippen LogP contribution is -2.27. The van der Waals surface area contributed by atoms with Crippen LogP contribution in [0.25, 0.3) is 0 Å². The van der Waals surface area contributed by atoms with E-state index in [0.717, 1.165) is 27.9 Å². The monoisotopic (exact) mass is 791 g/mol. The Morgan fingerprint density at radius 3 is 1.80 bits per heavy atom. The molecule has 0 radical (unpaired) electrons. The number of carbonyl (C=O) groups is 3. The summed E-state index contributed by atoms with van der Waals surface area (Å²) in [5.41, 5.74) is 5.88. The molecule has 2 unspecified atom stereocenters. The van der Waals surface area contributed by atoms with Gasteiger partial charge in [-0.1, -0.05) is 78.7 Å². The molecule has 0 aliphatic carbocycles. The topological polar surface area (TPSA) is 149 Å². The second kappa shape index (κ2) is 19.4. The lowest BCUT2D eigenvalue weighted by atomic mass is 9.87. The van der Waals surface area contributed by atoms with Crippen LogP contribution < -0.4 is 16.0 Å². The molecule has 3 N–H and O–H groups in total. The third-order valence-corrected chi connectivity index (χ3v) is 9.30. The molecule has 286 valence electrons. The largest absolute Gasteiger partial charge is 0.444 e. The maximum Gasteiger partial charge on any atom is 0.411 e. The van der Waals surface area contributed by atoms with Crippen molar-refractivity contribution in [3.05, 3.63) is 172 Å². The van der Waals surface area contributed by atoms with Crippen LogP contribution in [0.3, 0.4) is 0 Å². The third kappa shape index (κ3) is 11.6. The zero-order valence-corrected chi connectivity index (χ0v) is 31.9. The number of hydrogen-bond acceptors (Lipinski definition) is 8. The molecule has 4 aromatic carbocycles. The molecule has 56 heavy (non-hydrogen) atoms. The van der Waals surface area contributed by atoms with Gasteiger partial charge >= 0.3 is 12.2 Å². The van der Waals surface area contributed by atoms with E-state index in [4.69, 9.17) is 32.7 Å². The fraction of sp³-hybridized carbons (Fsp3) is 0.190. The Bertz CT molecular complexity index is 2200. The van der Waals surface area contributed by atoms with Crippen molar-refractivity contribution in [3.63, 3.8) is 0 Å². The van der Waals surface area contributed by atoms with Gasteiger partial charge in [-0.2, -0.15) is 5.10 Å². The summed E-state index contributed by atoms with van der Waals surface area (Å²) in [6.07, 6.45) is 6.20. The Morgan fingerprint density at radius 2 is 1.25 bits per heavy atom. The van der Waals surface area contributed by atoms with Gasteiger partial charge in [-0.15, -0.1) is 0 Å². The summed E-state index contributed by atoms with van der Waals surface area (Å²) >= 11 is 11.8. The normalized spacial score (nSPS) is 11.9. The Morgan fingerprint density at radius 1 is 0.696 bits per heavy atom. The standard InChI is InChI=1S/C42H39Cl2N7O5/c1-28(22-37(38-24-45-20-21-46-38)32-8-16-36(17-9-32)50-42(54)56-27-31-4-12-34(44)13-5-31)25-51-39(18-19-48-51)40(52)47-23-29-6-14-35(15-7-29)49-41(53)55-26-30-2-10-33(43)11-3-30/h2-21,24,28,37H,22-23,25-27H2,1H3,(H,47,52)(H,49,53)(H,50,54). The molecule has 12 nitrogen and oxygen atoms in total. The lowest BCUT2D eigenvalue weighted by molar-refractivity contribution is 0.0938. The van der Waals surface area contributed by atoms with Crippen LogP contribution in [0, 0.1) is 5.92 Å². The number of amides is 3. The Balaban J connectivity index is 1.00. The van der Waals surface area contributed by atoms with Crippen LogP contribution in [-0.4, -0.2) is 37.8 Å². The summed E-state index contributed by atoms with van der Waals surface area (Å²) in [7, 11) is 0. The number of carbonyl (C=O) groups excluding carboxylic acids is 3. The molecule has 2 aromatic heterocycles. The van der Waals surface area contributed by atoms with Gasteiger partial charge in [0, 0.05) is 65.2 Å². The van der Waals surface area contributed by atoms with Gasteiger partial charge in [-0.3, -0.25) is 30.1 Å². The Hall–Kier alpha value is -6.24. The molecule has 14 heteroatoms. The molecule has 0 fully saturated rings. The van der Waals surface area contributed by atoms with E-state index >= 15 is 0 Å². The summed E-state index contributed by atoms with van der Waals surface area (Å²) in [6.45, 7) is 3.10. The van der Waals surface area contributed by atoms with Crippen molar-refractivity contribution in [3.8, 4) is 0 Å². The van der Waals surface area contributed by atoms with E-state index in [2.05, 4.69) is 37.9 Å². The maximum absolute atomic E-state index is 13.3. The van der Waals surface area contributed by atoms with Crippen LogP contribution in [0.15, 0.2) is 128 Å². The first kappa shape index (κ1) is 39.5. The molecule has 2 atom stereocenters. The zero-order valence-electron chi connectivity index (χ0n) is 30.4. The van der Waals surface area contributed by atoms with Crippen LogP contribution in [0.5, 0.6) is 0 Å². The molecule has 6 aromatic rings. The molecular formula is C42H39Cl2N7O5. The van der Waals surface area contributed by atoms with E-state index < -0.39 is 12.2 Å². The average molecular weight is 793 g/mol. The Labute approximate surface area is 334 Å². The van der Waals surface area contributed by atoms with E-state index in [1.54, 1.807) is 96.2 Å². The van der Waals surface area contributed by atoms with Crippen molar-refractivity contribution >= 4 is 52.7 Å². The first-order valence-corrected chi connectivity index (χ1v) is 18.6. The molecule has 0 aliphatic heterocycles. The van der Waals surface area contributed by atoms with E-state index in [1.165, 1.54) is 0 Å². The minimum Gasteiger partial charge on any atom is -0.444 e. The number of benzene rings is 4. The smallest absolute Gasteiger partial charge is 0.411 e. The highest BCUT2D eigenvalue weighted by atomic mass is 35.5. The van der Waals surface area contributed by atoms with E-state index in [9.17, 15) is 14.4 Å². The number of ether oxygens (including phenoxy) is 2. The second-order valence-corrected chi connectivity index (χ2v) is 14.0. The van der Waals surface area contributed by atoms with Crippen molar-refractivity contribution in [1.29, 1.82) is 0 Å². The number of halogens is 2. The van der Waals surface area contributed by atoms with Gasteiger partial charge in [0.1, 0.15) is 18.9 Å². The molecular weight excluding hydrogens is 753 g/mol. The van der Waals surface area contributed by atoms with Crippen molar-refractivity contribution in [2.45, 2.75) is 45.6 Å². The first-order chi connectivity index (χ1) is 27.2. The zero-order chi connectivity index (χ0) is 39.3. The summed E-state index contributed by atoms with van der Waals surface area (Å²) in [5.74, 6) is -0.296. The second-order valence-electron chi connectivity index (χ2n) is 13.1. The van der Waals surface area contributed by atoms with Crippen molar-refractivity contribution in [1.82, 2.24) is 25.1 Å². The molecule has 6 rings (SSSR count). The van der Waals surface area contributed by atoms with Crippen molar-refractivity contribution < 1.29 is 23.9 Å². The van der Waals surface area contributed by atoms with Crippen molar-refractivity contribution in [2.24, 2.45) is 5.92 Å². The highest BCUT2D eigenvalue weighted by molar-refractivity contribution is 6.30. The minimum absolute atomic E-state index is 0.0760. The minimum atomic E-state index is -0.581.